The number of hydrogen-bond donors (Lipinski definition) is 1. The van der Waals surface area contributed by atoms with Gasteiger partial charge in [0.1, 0.15) is 5.75 Å². The van der Waals surface area contributed by atoms with Crippen LogP contribution in [0.3, 0.4) is 0 Å². The molecule has 0 saturated heterocycles. The van der Waals surface area contributed by atoms with Crippen LogP contribution in [0.4, 0.5) is 0 Å². The monoisotopic (exact) mass is 271 g/mol. The van der Waals surface area contributed by atoms with Gasteiger partial charge in [-0.1, -0.05) is 17.7 Å². The molecule has 1 aromatic heterocycles. The average Bonchev–Trinajstić information content (AvgIpc) is 2.97. The number of nitrogens with one attached hydrogen (secondary N) is 1. The third-order valence-electron chi connectivity index (χ3n) is 3.75. The lowest BCUT2D eigenvalue weighted by molar-refractivity contribution is 0.252. The molecule has 1 unspecified atom stereocenters. The average molecular weight is 271 g/mol. The molecule has 0 fully saturated rings. The highest BCUT2D eigenvalue weighted by atomic mass is 16.5. The molecular weight excluding hydrogens is 250 g/mol. The van der Waals surface area contributed by atoms with Crippen LogP contribution in [0.2, 0.25) is 0 Å². The van der Waals surface area contributed by atoms with Crippen LogP contribution >= 0.6 is 0 Å². The zero-order valence-corrected chi connectivity index (χ0v) is 11.9. The molecule has 1 N–H and O–H groups in total. The molecule has 0 saturated carbocycles. The highest BCUT2D eigenvalue weighted by molar-refractivity contribution is 5.40. The van der Waals surface area contributed by atoms with Crippen molar-refractivity contribution in [2.24, 2.45) is 0 Å². The van der Waals surface area contributed by atoms with Crippen LogP contribution in [0.25, 0.3) is 0 Å². The van der Waals surface area contributed by atoms with Crippen molar-refractivity contribution < 1.29 is 4.74 Å². The molecule has 4 nitrogen and oxygen atoms in total. The highest BCUT2D eigenvalue weighted by Gasteiger charge is 2.20. The predicted octanol–water partition coefficient (Wildman–Crippen LogP) is 2.70. The molecule has 0 bridgehead atoms. The van der Waals surface area contributed by atoms with Crippen molar-refractivity contribution in [1.82, 2.24) is 14.9 Å². The molecule has 0 aliphatic carbocycles. The Balaban J connectivity index is 1.55. The molecule has 106 valence electrons. The van der Waals surface area contributed by atoms with Crippen molar-refractivity contribution in [2.75, 3.05) is 13.2 Å². The molecule has 1 aromatic carbocycles. The molecule has 0 spiro atoms. The molecule has 1 aliphatic heterocycles. The number of ether oxygens (including phenoxy) is 1. The maximum Gasteiger partial charge on any atom is 0.124 e. The molecule has 0 radical (unpaired) electrons. The number of aromatic nitrogens is 2. The van der Waals surface area contributed by atoms with Crippen LogP contribution in [0, 0.1) is 6.92 Å². The van der Waals surface area contributed by atoms with Gasteiger partial charge in [0.2, 0.25) is 0 Å². The van der Waals surface area contributed by atoms with E-state index in [0.717, 1.165) is 38.3 Å². The van der Waals surface area contributed by atoms with E-state index in [0.29, 0.717) is 6.04 Å². The Kier molecular flexibility index (Phi) is 4.02. The number of imidazole rings is 1. The van der Waals surface area contributed by atoms with Crippen molar-refractivity contribution in [3.63, 3.8) is 0 Å². The van der Waals surface area contributed by atoms with E-state index in [4.69, 9.17) is 4.74 Å². The molecule has 20 heavy (non-hydrogen) atoms. The highest BCUT2D eigenvalue weighted by Crippen LogP contribution is 2.32. The Morgan fingerprint density at radius 2 is 2.40 bits per heavy atom. The first kappa shape index (κ1) is 13.2. The molecule has 4 heteroatoms. The number of benzene rings is 1. The van der Waals surface area contributed by atoms with Gasteiger partial charge in [0, 0.05) is 37.0 Å². The number of aryl methyl sites for hydroxylation is 2. The van der Waals surface area contributed by atoms with Crippen LogP contribution < -0.4 is 10.1 Å². The third kappa shape index (κ3) is 3.02. The number of rotatable bonds is 5. The summed E-state index contributed by atoms with van der Waals surface area (Å²) >= 11 is 0. The van der Waals surface area contributed by atoms with E-state index in [-0.39, 0.29) is 0 Å². The van der Waals surface area contributed by atoms with Gasteiger partial charge in [0.05, 0.1) is 12.9 Å². The van der Waals surface area contributed by atoms with Crippen LogP contribution in [0.5, 0.6) is 5.75 Å². The number of hydrogen-bond acceptors (Lipinski definition) is 3. The Labute approximate surface area is 119 Å². The maximum atomic E-state index is 5.72. The topological polar surface area (TPSA) is 39.1 Å². The Morgan fingerprint density at radius 1 is 1.45 bits per heavy atom. The van der Waals surface area contributed by atoms with Crippen LogP contribution in [0.1, 0.15) is 30.0 Å². The summed E-state index contributed by atoms with van der Waals surface area (Å²) in [4.78, 5) is 4.06. The summed E-state index contributed by atoms with van der Waals surface area (Å²) in [5.74, 6) is 1.04. The first-order valence-corrected chi connectivity index (χ1v) is 7.25. The first-order chi connectivity index (χ1) is 9.83. The summed E-state index contributed by atoms with van der Waals surface area (Å²) in [6, 6.07) is 6.85. The quantitative estimate of drug-likeness (QED) is 0.850. The number of nitrogens with zero attached hydrogens (tertiary/aromatic N) is 2. The van der Waals surface area contributed by atoms with Gasteiger partial charge in [-0.05, 0) is 26.0 Å². The minimum absolute atomic E-state index is 0.418. The summed E-state index contributed by atoms with van der Waals surface area (Å²) in [6.07, 6.45) is 7.85. The molecule has 1 atom stereocenters. The van der Waals surface area contributed by atoms with E-state index in [9.17, 15) is 0 Å². The van der Waals surface area contributed by atoms with E-state index in [2.05, 4.69) is 40.0 Å². The van der Waals surface area contributed by atoms with Crippen LogP contribution in [-0.2, 0) is 6.54 Å². The lowest BCUT2D eigenvalue weighted by atomic mass is 9.98. The molecule has 2 heterocycles. The van der Waals surface area contributed by atoms with Gasteiger partial charge >= 0.3 is 0 Å². The fraction of sp³-hybridized carbons (Fsp3) is 0.438. The van der Waals surface area contributed by atoms with E-state index in [1.165, 1.54) is 11.1 Å². The van der Waals surface area contributed by atoms with Gasteiger partial charge in [-0.25, -0.2) is 4.98 Å². The van der Waals surface area contributed by atoms with Crippen molar-refractivity contribution in [2.45, 2.75) is 32.4 Å². The maximum absolute atomic E-state index is 5.72. The van der Waals surface area contributed by atoms with Crippen LogP contribution in [-0.4, -0.2) is 22.7 Å². The van der Waals surface area contributed by atoms with E-state index in [1.54, 1.807) is 0 Å². The Bertz CT molecular complexity index is 551. The Hall–Kier alpha value is -1.81. The van der Waals surface area contributed by atoms with Crippen LogP contribution in [0.15, 0.2) is 36.9 Å². The van der Waals surface area contributed by atoms with Crippen molar-refractivity contribution in [1.29, 1.82) is 0 Å². The summed E-state index contributed by atoms with van der Waals surface area (Å²) in [5.41, 5.74) is 2.60. The van der Waals surface area contributed by atoms with Gasteiger partial charge in [-0.2, -0.15) is 0 Å². The van der Waals surface area contributed by atoms with Gasteiger partial charge in [0.25, 0.3) is 0 Å². The third-order valence-corrected chi connectivity index (χ3v) is 3.75. The lowest BCUT2D eigenvalue weighted by Crippen LogP contribution is -2.28. The zero-order chi connectivity index (χ0) is 13.8. The second-order valence-electron chi connectivity index (χ2n) is 5.34. The normalized spacial score (nSPS) is 17.6. The summed E-state index contributed by atoms with van der Waals surface area (Å²) < 4.78 is 7.84. The zero-order valence-electron chi connectivity index (χ0n) is 11.9. The van der Waals surface area contributed by atoms with E-state index >= 15 is 0 Å². The summed E-state index contributed by atoms with van der Waals surface area (Å²) in [5, 5.41) is 3.65. The fourth-order valence-electron chi connectivity index (χ4n) is 2.68. The molecule has 1 aliphatic rings. The minimum atomic E-state index is 0.418. The van der Waals surface area contributed by atoms with Gasteiger partial charge in [-0.3, -0.25) is 0 Å². The van der Waals surface area contributed by atoms with E-state index < -0.39 is 0 Å². The smallest absolute Gasteiger partial charge is 0.124 e. The molecule has 3 rings (SSSR count). The lowest BCUT2D eigenvalue weighted by Gasteiger charge is -2.27. The van der Waals surface area contributed by atoms with E-state index in [1.807, 2.05) is 18.7 Å². The Morgan fingerprint density at radius 3 is 3.25 bits per heavy atom. The standard InChI is InChI=1S/C16H21N3O/c1-13-3-4-16-14(11-13)15(5-10-20-16)18-6-2-8-19-9-7-17-12-19/h3-4,7,9,11-12,15,18H,2,5-6,8,10H2,1H3. The fourth-order valence-corrected chi connectivity index (χ4v) is 2.68. The summed E-state index contributed by atoms with van der Waals surface area (Å²) in [6.45, 7) is 4.95. The molecular formula is C16H21N3O. The van der Waals surface area contributed by atoms with Gasteiger partial charge < -0.3 is 14.6 Å². The second kappa shape index (κ2) is 6.09. The van der Waals surface area contributed by atoms with Crippen molar-refractivity contribution in [3.05, 3.63) is 48.0 Å². The largest absolute Gasteiger partial charge is 0.493 e. The molecule has 2 aromatic rings. The van der Waals surface area contributed by atoms with Gasteiger partial charge in [0.15, 0.2) is 0 Å². The second-order valence-corrected chi connectivity index (χ2v) is 5.34. The summed E-state index contributed by atoms with van der Waals surface area (Å²) in [7, 11) is 0. The SMILES string of the molecule is Cc1ccc2c(c1)C(NCCCn1ccnc1)CCO2. The predicted molar refractivity (Wildman–Crippen MR) is 78.9 cm³/mol. The minimum Gasteiger partial charge on any atom is -0.493 e. The van der Waals surface area contributed by atoms with Crippen molar-refractivity contribution >= 4 is 0 Å². The number of fused-ring (bicyclic) bond motifs is 1. The molecule has 0 amide bonds. The first-order valence-electron chi connectivity index (χ1n) is 7.25. The van der Waals surface area contributed by atoms with Gasteiger partial charge in [-0.15, -0.1) is 0 Å². The van der Waals surface area contributed by atoms with Crippen molar-refractivity contribution in [3.8, 4) is 5.75 Å².